The van der Waals surface area contributed by atoms with Gasteiger partial charge in [0.2, 0.25) is 17.2 Å². The van der Waals surface area contributed by atoms with Gasteiger partial charge in [0.1, 0.15) is 11.5 Å². The van der Waals surface area contributed by atoms with E-state index in [0.717, 1.165) is 5.56 Å². The third-order valence-electron chi connectivity index (χ3n) is 8.40. The monoisotopic (exact) mass is 532 g/mol. The van der Waals surface area contributed by atoms with Gasteiger partial charge in [-0.15, -0.1) is 0 Å². The standard InChI is InChI=1S/C33H21ClO5/c1-18-13-15-19(16-14-18)31-32(27(35)22-9-2-3-10-23(22)28(32)36)26(20-7-6-8-21(34)17-20)33(39-31)29(37)24-11-4-5-12-25(24)30(33)38/h2-17,26,31H,1H3/t26-,31-/m0/s1. The Balaban J connectivity index is 1.60. The van der Waals surface area contributed by atoms with Gasteiger partial charge in [0.05, 0.1) is 5.92 Å². The van der Waals surface area contributed by atoms with Crippen LogP contribution >= 0.6 is 11.6 Å². The van der Waals surface area contributed by atoms with Gasteiger partial charge in [-0.05, 0) is 30.2 Å². The molecule has 2 atom stereocenters. The molecule has 4 aromatic rings. The Hall–Kier alpha value is -4.19. The minimum absolute atomic E-state index is 0.213. The first-order chi connectivity index (χ1) is 18.8. The predicted molar refractivity (Wildman–Crippen MR) is 145 cm³/mol. The summed E-state index contributed by atoms with van der Waals surface area (Å²) in [7, 11) is 0. The van der Waals surface area contributed by atoms with Crippen molar-refractivity contribution < 1.29 is 23.9 Å². The Kier molecular flexibility index (Phi) is 5.00. The fourth-order valence-electron chi connectivity index (χ4n) is 6.75. The first kappa shape index (κ1) is 23.9. The summed E-state index contributed by atoms with van der Waals surface area (Å²) in [6.07, 6.45) is -1.20. The number of carbonyl (C=O) groups is 4. The first-order valence-corrected chi connectivity index (χ1v) is 13.1. The van der Waals surface area contributed by atoms with Crippen molar-refractivity contribution in [3.05, 3.63) is 141 Å². The third-order valence-corrected chi connectivity index (χ3v) is 8.64. The lowest BCUT2D eigenvalue weighted by molar-refractivity contribution is -0.0210. The van der Waals surface area contributed by atoms with E-state index in [4.69, 9.17) is 16.3 Å². The van der Waals surface area contributed by atoms with E-state index in [1.54, 1.807) is 84.9 Å². The van der Waals surface area contributed by atoms with Crippen LogP contribution in [0.4, 0.5) is 0 Å². The number of halogens is 1. The minimum atomic E-state index is -2.13. The second-order valence-corrected chi connectivity index (χ2v) is 10.8. The number of ketones is 4. The number of fused-ring (bicyclic) bond motifs is 2. The second kappa shape index (κ2) is 8.15. The zero-order valence-corrected chi connectivity index (χ0v) is 21.6. The van der Waals surface area contributed by atoms with E-state index in [9.17, 15) is 19.2 Å². The summed E-state index contributed by atoms with van der Waals surface area (Å²) < 4.78 is 6.68. The van der Waals surface area contributed by atoms with E-state index in [1.807, 2.05) is 19.1 Å². The zero-order chi connectivity index (χ0) is 27.1. The van der Waals surface area contributed by atoms with E-state index in [2.05, 4.69) is 0 Å². The molecule has 0 N–H and O–H groups in total. The van der Waals surface area contributed by atoms with E-state index in [0.29, 0.717) is 16.1 Å². The Morgan fingerprint density at radius 1 is 0.615 bits per heavy atom. The van der Waals surface area contributed by atoms with Gasteiger partial charge < -0.3 is 4.74 Å². The molecule has 0 unspecified atom stereocenters. The number of hydrogen-bond donors (Lipinski definition) is 0. The van der Waals surface area contributed by atoms with Crippen molar-refractivity contribution in [2.75, 3.05) is 0 Å². The van der Waals surface area contributed by atoms with Crippen LogP contribution in [0.5, 0.6) is 0 Å². The van der Waals surface area contributed by atoms with E-state index < -0.39 is 46.2 Å². The van der Waals surface area contributed by atoms with Gasteiger partial charge in [-0.2, -0.15) is 0 Å². The molecule has 0 bridgehead atoms. The predicted octanol–water partition coefficient (Wildman–Crippen LogP) is 6.39. The fraction of sp³-hybridized carbons (Fsp3) is 0.152. The number of hydrogen-bond acceptors (Lipinski definition) is 5. The van der Waals surface area contributed by atoms with E-state index >= 15 is 0 Å². The summed E-state index contributed by atoms with van der Waals surface area (Å²) in [5.74, 6) is -3.30. The number of Topliss-reactive ketones (excluding diaryl/α,β-unsaturated/α-hetero) is 4. The first-order valence-electron chi connectivity index (χ1n) is 12.7. The topological polar surface area (TPSA) is 77.5 Å². The molecule has 1 heterocycles. The Morgan fingerprint density at radius 3 is 1.64 bits per heavy atom. The maximum absolute atomic E-state index is 14.6. The summed E-state index contributed by atoms with van der Waals surface area (Å²) in [6, 6.07) is 27.1. The number of ether oxygens (including phenoxy) is 1. The Morgan fingerprint density at radius 2 is 1.13 bits per heavy atom. The van der Waals surface area contributed by atoms with Crippen LogP contribution in [-0.2, 0) is 4.74 Å². The average Bonchev–Trinajstić information content (AvgIpc) is 3.47. The number of carbonyl (C=O) groups excluding carboxylic acids is 4. The van der Waals surface area contributed by atoms with Crippen molar-refractivity contribution in [1.29, 1.82) is 0 Å². The molecule has 2 spiro atoms. The molecule has 0 radical (unpaired) electrons. The van der Waals surface area contributed by atoms with Crippen molar-refractivity contribution >= 4 is 34.7 Å². The van der Waals surface area contributed by atoms with Crippen molar-refractivity contribution in [3.8, 4) is 0 Å². The van der Waals surface area contributed by atoms with Crippen LogP contribution in [0.15, 0.2) is 97.1 Å². The third kappa shape index (κ3) is 2.89. The highest BCUT2D eigenvalue weighted by Crippen LogP contribution is 2.68. The van der Waals surface area contributed by atoms with E-state index in [1.165, 1.54) is 0 Å². The fourth-order valence-corrected chi connectivity index (χ4v) is 6.95. The molecule has 7 rings (SSSR count). The Bertz CT molecular complexity index is 1680. The van der Waals surface area contributed by atoms with Crippen LogP contribution in [0.3, 0.4) is 0 Å². The molecule has 0 saturated carbocycles. The molecule has 39 heavy (non-hydrogen) atoms. The van der Waals surface area contributed by atoms with Gasteiger partial charge in [0.25, 0.3) is 0 Å². The van der Waals surface area contributed by atoms with Gasteiger partial charge in [-0.1, -0.05) is 102 Å². The highest BCUT2D eigenvalue weighted by Gasteiger charge is 2.79. The summed E-state index contributed by atoms with van der Waals surface area (Å²) in [5.41, 5.74) is -1.18. The zero-order valence-electron chi connectivity index (χ0n) is 20.8. The quantitative estimate of drug-likeness (QED) is 0.280. The molecule has 2 aliphatic carbocycles. The normalized spacial score (nSPS) is 22.1. The summed E-state index contributed by atoms with van der Waals surface area (Å²) in [4.78, 5) is 58.0. The van der Waals surface area contributed by atoms with Crippen molar-refractivity contribution in [1.82, 2.24) is 0 Å². The lowest BCUT2D eigenvalue weighted by Crippen LogP contribution is -2.51. The van der Waals surface area contributed by atoms with Crippen LogP contribution in [0.1, 0.15) is 70.1 Å². The molecule has 1 aliphatic heterocycles. The molecule has 3 aliphatic rings. The highest BCUT2D eigenvalue weighted by molar-refractivity contribution is 6.37. The number of benzene rings is 4. The molecular weight excluding hydrogens is 512 g/mol. The van der Waals surface area contributed by atoms with Crippen LogP contribution in [0, 0.1) is 12.3 Å². The number of rotatable bonds is 2. The van der Waals surface area contributed by atoms with Gasteiger partial charge in [-0.3, -0.25) is 19.2 Å². The van der Waals surface area contributed by atoms with E-state index in [-0.39, 0.29) is 22.3 Å². The van der Waals surface area contributed by atoms with Gasteiger partial charge in [0.15, 0.2) is 11.6 Å². The minimum Gasteiger partial charge on any atom is -0.348 e. The lowest BCUT2D eigenvalue weighted by Gasteiger charge is -2.34. The number of aryl methyl sites for hydroxylation is 1. The summed E-state index contributed by atoms with van der Waals surface area (Å²) >= 11 is 6.43. The maximum atomic E-state index is 14.6. The van der Waals surface area contributed by atoms with Crippen LogP contribution in [0.2, 0.25) is 5.02 Å². The van der Waals surface area contributed by atoms with Crippen LogP contribution in [-0.4, -0.2) is 28.7 Å². The molecule has 5 nitrogen and oxygen atoms in total. The maximum Gasteiger partial charge on any atom is 0.204 e. The SMILES string of the molecule is Cc1ccc([C@@H]2OC3(C(=O)c4ccccc4C3=O)[C@@H](c3cccc(Cl)c3)C23C(=O)c2ccccc2C3=O)cc1. The van der Waals surface area contributed by atoms with Crippen molar-refractivity contribution in [2.45, 2.75) is 24.5 Å². The molecule has 0 aromatic heterocycles. The van der Waals surface area contributed by atoms with Gasteiger partial charge in [-0.25, -0.2) is 0 Å². The lowest BCUT2D eigenvalue weighted by atomic mass is 9.60. The largest absolute Gasteiger partial charge is 0.348 e. The van der Waals surface area contributed by atoms with Crippen molar-refractivity contribution in [3.63, 3.8) is 0 Å². The molecular formula is C33H21ClO5. The molecule has 6 heteroatoms. The van der Waals surface area contributed by atoms with Gasteiger partial charge >= 0.3 is 0 Å². The van der Waals surface area contributed by atoms with Crippen molar-refractivity contribution in [2.24, 2.45) is 5.41 Å². The Labute approximate surface area is 229 Å². The molecule has 190 valence electrons. The molecule has 0 amide bonds. The summed E-state index contributed by atoms with van der Waals surface area (Å²) in [5, 5.41) is 0.349. The molecule has 1 fully saturated rings. The molecule has 1 saturated heterocycles. The highest BCUT2D eigenvalue weighted by atomic mass is 35.5. The summed E-state index contributed by atoms with van der Waals surface area (Å²) in [6.45, 7) is 1.92. The molecule has 4 aromatic carbocycles. The second-order valence-electron chi connectivity index (χ2n) is 10.4. The van der Waals surface area contributed by atoms with Crippen LogP contribution < -0.4 is 0 Å². The van der Waals surface area contributed by atoms with Crippen LogP contribution in [0.25, 0.3) is 0 Å². The average molecular weight is 533 g/mol. The van der Waals surface area contributed by atoms with Gasteiger partial charge in [0, 0.05) is 27.3 Å². The smallest absolute Gasteiger partial charge is 0.204 e.